The molecular formula is C12H22N4S. The summed E-state index contributed by atoms with van der Waals surface area (Å²) in [4.78, 5) is 8.85. The zero-order chi connectivity index (χ0) is 12.7. The van der Waals surface area contributed by atoms with Gasteiger partial charge in [-0.3, -0.25) is 0 Å². The van der Waals surface area contributed by atoms with Crippen LogP contribution >= 0.6 is 11.8 Å². The van der Waals surface area contributed by atoms with Crippen molar-refractivity contribution in [3.05, 3.63) is 11.4 Å². The summed E-state index contributed by atoms with van der Waals surface area (Å²) in [5.74, 6) is 3.87. The SMILES string of the molecule is CCNc1nc(C)nc(NCCCSC)c1C. The molecule has 0 spiro atoms. The molecule has 2 N–H and O–H groups in total. The van der Waals surface area contributed by atoms with Gasteiger partial charge in [-0.2, -0.15) is 11.8 Å². The van der Waals surface area contributed by atoms with Crippen molar-refractivity contribution in [1.29, 1.82) is 0 Å². The quantitative estimate of drug-likeness (QED) is 0.733. The Morgan fingerprint density at radius 2 is 1.76 bits per heavy atom. The topological polar surface area (TPSA) is 49.8 Å². The van der Waals surface area contributed by atoms with Gasteiger partial charge in [0.15, 0.2) is 0 Å². The molecule has 1 aromatic heterocycles. The number of hydrogen-bond acceptors (Lipinski definition) is 5. The minimum absolute atomic E-state index is 0.805. The van der Waals surface area contributed by atoms with E-state index in [4.69, 9.17) is 0 Å². The maximum absolute atomic E-state index is 4.44. The van der Waals surface area contributed by atoms with Crippen molar-refractivity contribution in [2.45, 2.75) is 27.2 Å². The van der Waals surface area contributed by atoms with Crippen LogP contribution < -0.4 is 10.6 Å². The van der Waals surface area contributed by atoms with E-state index in [1.165, 1.54) is 5.75 Å². The highest BCUT2D eigenvalue weighted by atomic mass is 32.2. The lowest BCUT2D eigenvalue weighted by Crippen LogP contribution is -2.11. The molecule has 0 bridgehead atoms. The summed E-state index contributed by atoms with van der Waals surface area (Å²) >= 11 is 1.87. The third-order valence-electron chi connectivity index (χ3n) is 2.42. The fourth-order valence-electron chi connectivity index (χ4n) is 1.56. The number of hydrogen-bond donors (Lipinski definition) is 2. The largest absolute Gasteiger partial charge is 0.370 e. The van der Waals surface area contributed by atoms with Gasteiger partial charge in [-0.1, -0.05) is 0 Å². The lowest BCUT2D eigenvalue weighted by atomic mass is 10.3. The first-order chi connectivity index (χ1) is 8.19. The molecule has 0 atom stereocenters. The van der Waals surface area contributed by atoms with Crippen LogP contribution in [0.5, 0.6) is 0 Å². The molecule has 0 fully saturated rings. The molecule has 0 aliphatic heterocycles. The summed E-state index contributed by atoms with van der Waals surface area (Å²) in [7, 11) is 0. The number of aryl methyl sites for hydroxylation is 1. The molecule has 0 radical (unpaired) electrons. The first-order valence-electron chi connectivity index (χ1n) is 6.01. The Morgan fingerprint density at radius 3 is 2.35 bits per heavy atom. The Hall–Kier alpha value is -0.970. The molecule has 0 aromatic carbocycles. The van der Waals surface area contributed by atoms with Crippen molar-refractivity contribution in [1.82, 2.24) is 9.97 Å². The number of anilines is 2. The van der Waals surface area contributed by atoms with Gasteiger partial charge < -0.3 is 10.6 Å². The molecule has 5 heteroatoms. The van der Waals surface area contributed by atoms with E-state index >= 15 is 0 Å². The van der Waals surface area contributed by atoms with Gasteiger partial charge in [0.2, 0.25) is 0 Å². The number of nitrogens with one attached hydrogen (secondary N) is 2. The van der Waals surface area contributed by atoms with E-state index in [1.54, 1.807) is 0 Å². The molecule has 1 heterocycles. The van der Waals surface area contributed by atoms with Crippen LogP contribution in [-0.4, -0.2) is 35.1 Å². The van der Waals surface area contributed by atoms with Gasteiger partial charge in [-0.25, -0.2) is 9.97 Å². The number of nitrogens with zero attached hydrogens (tertiary/aromatic N) is 2. The molecule has 17 heavy (non-hydrogen) atoms. The second-order valence-electron chi connectivity index (χ2n) is 3.90. The number of aromatic nitrogens is 2. The van der Waals surface area contributed by atoms with Crippen molar-refractivity contribution in [3.8, 4) is 0 Å². The average Bonchev–Trinajstić information content (AvgIpc) is 2.30. The van der Waals surface area contributed by atoms with Gasteiger partial charge in [-0.05, 0) is 39.2 Å². The van der Waals surface area contributed by atoms with E-state index in [-0.39, 0.29) is 0 Å². The fraction of sp³-hybridized carbons (Fsp3) is 0.667. The zero-order valence-corrected chi connectivity index (χ0v) is 11.9. The third kappa shape index (κ3) is 4.42. The molecule has 0 unspecified atom stereocenters. The molecule has 0 aliphatic carbocycles. The molecule has 1 rings (SSSR count). The third-order valence-corrected chi connectivity index (χ3v) is 3.12. The van der Waals surface area contributed by atoms with Crippen molar-refractivity contribution in [2.24, 2.45) is 0 Å². The number of thioether (sulfide) groups is 1. The molecular weight excluding hydrogens is 232 g/mol. The predicted octanol–water partition coefficient (Wildman–Crippen LogP) is 2.69. The van der Waals surface area contributed by atoms with Crippen molar-refractivity contribution >= 4 is 23.4 Å². The molecule has 4 nitrogen and oxygen atoms in total. The number of rotatable bonds is 7. The highest BCUT2D eigenvalue weighted by Crippen LogP contribution is 2.19. The minimum atomic E-state index is 0.805. The van der Waals surface area contributed by atoms with E-state index < -0.39 is 0 Å². The monoisotopic (exact) mass is 254 g/mol. The summed E-state index contributed by atoms with van der Waals surface area (Å²) in [5.41, 5.74) is 1.10. The van der Waals surface area contributed by atoms with Gasteiger partial charge in [0.25, 0.3) is 0 Å². The predicted molar refractivity (Wildman–Crippen MR) is 77.2 cm³/mol. The molecule has 0 saturated heterocycles. The average molecular weight is 254 g/mol. The van der Waals surface area contributed by atoms with E-state index in [1.807, 2.05) is 25.6 Å². The Kier molecular flexibility index (Phi) is 6.11. The van der Waals surface area contributed by atoms with Crippen LogP contribution in [0.1, 0.15) is 24.7 Å². The summed E-state index contributed by atoms with van der Waals surface area (Å²) in [6.07, 6.45) is 3.28. The van der Waals surface area contributed by atoms with Crippen LogP contribution in [0, 0.1) is 13.8 Å². The highest BCUT2D eigenvalue weighted by molar-refractivity contribution is 7.98. The molecule has 1 aromatic rings. The van der Waals surface area contributed by atoms with E-state index in [0.717, 1.165) is 42.5 Å². The summed E-state index contributed by atoms with van der Waals surface area (Å²) < 4.78 is 0. The Labute approximate surface area is 108 Å². The lowest BCUT2D eigenvalue weighted by molar-refractivity contribution is 0.952. The van der Waals surface area contributed by atoms with Crippen LogP contribution in [0.2, 0.25) is 0 Å². The Morgan fingerprint density at radius 1 is 1.12 bits per heavy atom. The fourth-order valence-corrected chi connectivity index (χ4v) is 2.00. The molecule has 96 valence electrons. The highest BCUT2D eigenvalue weighted by Gasteiger charge is 2.07. The van der Waals surface area contributed by atoms with Crippen LogP contribution in [-0.2, 0) is 0 Å². The van der Waals surface area contributed by atoms with Gasteiger partial charge in [0.1, 0.15) is 17.5 Å². The Balaban J connectivity index is 2.69. The molecule has 0 aliphatic rings. The van der Waals surface area contributed by atoms with E-state index in [9.17, 15) is 0 Å². The van der Waals surface area contributed by atoms with Gasteiger partial charge in [0, 0.05) is 18.7 Å². The van der Waals surface area contributed by atoms with E-state index in [2.05, 4.69) is 33.8 Å². The molecule has 0 saturated carbocycles. The van der Waals surface area contributed by atoms with Gasteiger partial charge in [-0.15, -0.1) is 0 Å². The van der Waals surface area contributed by atoms with Gasteiger partial charge >= 0.3 is 0 Å². The standard InChI is InChI=1S/C12H22N4S/c1-5-13-11-9(2)12(16-10(3)15-11)14-7-6-8-17-4/h5-8H2,1-4H3,(H2,13,14,15,16). The lowest BCUT2D eigenvalue weighted by Gasteiger charge is -2.13. The Bertz CT molecular complexity index is 355. The zero-order valence-electron chi connectivity index (χ0n) is 11.1. The van der Waals surface area contributed by atoms with Crippen LogP contribution in [0.25, 0.3) is 0 Å². The smallest absolute Gasteiger partial charge is 0.134 e. The van der Waals surface area contributed by atoms with E-state index in [0.29, 0.717) is 0 Å². The maximum atomic E-state index is 4.44. The van der Waals surface area contributed by atoms with Crippen LogP contribution in [0.15, 0.2) is 0 Å². The maximum Gasteiger partial charge on any atom is 0.134 e. The first kappa shape index (κ1) is 14.1. The second-order valence-corrected chi connectivity index (χ2v) is 4.88. The summed E-state index contributed by atoms with van der Waals surface area (Å²) in [6, 6.07) is 0. The second kappa shape index (κ2) is 7.37. The van der Waals surface area contributed by atoms with Crippen LogP contribution in [0.3, 0.4) is 0 Å². The van der Waals surface area contributed by atoms with Gasteiger partial charge in [0.05, 0.1) is 0 Å². The minimum Gasteiger partial charge on any atom is -0.370 e. The summed E-state index contributed by atoms with van der Waals surface area (Å²) in [6.45, 7) is 7.89. The van der Waals surface area contributed by atoms with Crippen molar-refractivity contribution in [2.75, 3.05) is 35.7 Å². The van der Waals surface area contributed by atoms with Crippen molar-refractivity contribution < 1.29 is 0 Å². The first-order valence-corrected chi connectivity index (χ1v) is 7.40. The van der Waals surface area contributed by atoms with Crippen molar-refractivity contribution in [3.63, 3.8) is 0 Å². The normalized spacial score (nSPS) is 10.4. The summed E-state index contributed by atoms with van der Waals surface area (Å²) in [5, 5.41) is 6.65. The molecule has 0 amide bonds. The van der Waals surface area contributed by atoms with Crippen LogP contribution in [0.4, 0.5) is 11.6 Å².